The summed E-state index contributed by atoms with van der Waals surface area (Å²) < 4.78 is 5.60. The zero-order chi connectivity index (χ0) is 15.7. The van der Waals surface area contributed by atoms with E-state index < -0.39 is 0 Å². The highest BCUT2D eigenvalue weighted by molar-refractivity contribution is 9.09. The molecule has 3 nitrogen and oxygen atoms in total. The maximum atomic E-state index is 12.2. The first-order valence-corrected chi connectivity index (χ1v) is 8.78. The van der Waals surface area contributed by atoms with Gasteiger partial charge in [-0.15, -0.1) is 0 Å². The van der Waals surface area contributed by atoms with E-state index in [2.05, 4.69) is 42.0 Å². The first-order chi connectivity index (χ1) is 10.1. The molecule has 0 bridgehead atoms. The fourth-order valence-corrected chi connectivity index (χ4v) is 2.46. The van der Waals surface area contributed by atoms with Gasteiger partial charge in [0.05, 0.1) is 6.61 Å². The van der Waals surface area contributed by atoms with Crippen LogP contribution in [0.1, 0.15) is 50.4 Å². The molecule has 0 aromatic heterocycles. The summed E-state index contributed by atoms with van der Waals surface area (Å²) in [5, 5.41) is 3.83. The van der Waals surface area contributed by atoms with Crippen LogP contribution >= 0.6 is 15.9 Å². The Hall–Kier alpha value is -1.03. The van der Waals surface area contributed by atoms with Crippen LogP contribution in [0.5, 0.6) is 5.75 Å². The molecule has 0 fully saturated rings. The lowest BCUT2D eigenvalue weighted by Crippen LogP contribution is -2.37. The third-order valence-corrected chi connectivity index (χ3v) is 3.94. The number of rotatable bonds is 9. The van der Waals surface area contributed by atoms with E-state index >= 15 is 0 Å². The molecule has 0 heterocycles. The van der Waals surface area contributed by atoms with Crippen LogP contribution in [0.3, 0.4) is 0 Å². The molecule has 1 aromatic carbocycles. The number of nitrogens with one attached hydrogen (secondary N) is 1. The van der Waals surface area contributed by atoms with Gasteiger partial charge in [0.2, 0.25) is 0 Å². The Kier molecular flexibility index (Phi) is 8.43. The summed E-state index contributed by atoms with van der Waals surface area (Å²) in [4.78, 5) is 12.2. The number of unbranched alkanes of at least 4 members (excludes halogenated alkanes) is 1. The first-order valence-electron chi connectivity index (χ1n) is 7.66. The van der Waals surface area contributed by atoms with Crippen molar-refractivity contribution in [1.82, 2.24) is 5.32 Å². The summed E-state index contributed by atoms with van der Waals surface area (Å²) in [5.74, 6) is 1.35. The van der Waals surface area contributed by atoms with Gasteiger partial charge in [-0.1, -0.05) is 43.1 Å². The van der Waals surface area contributed by atoms with Gasteiger partial charge in [0, 0.05) is 16.9 Å². The molecule has 0 spiro atoms. The number of hydrogen-bond donors (Lipinski definition) is 1. The molecule has 0 aliphatic carbocycles. The second-order valence-corrected chi connectivity index (χ2v) is 6.33. The van der Waals surface area contributed by atoms with Gasteiger partial charge in [0.1, 0.15) is 5.75 Å². The van der Waals surface area contributed by atoms with Crippen molar-refractivity contribution in [3.63, 3.8) is 0 Å². The van der Waals surface area contributed by atoms with Crippen LogP contribution in [0, 0.1) is 5.92 Å². The van der Waals surface area contributed by atoms with Crippen molar-refractivity contribution >= 4 is 21.8 Å². The predicted molar refractivity (Wildman–Crippen MR) is 91.3 cm³/mol. The molecule has 1 amide bonds. The predicted octanol–water partition coefficient (Wildman–Crippen LogP) is 4.40. The van der Waals surface area contributed by atoms with E-state index in [0.29, 0.717) is 11.5 Å². The number of amides is 1. The molecular weight excluding hydrogens is 330 g/mol. The molecule has 118 valence electrons. The van der Waals surface area contributed by atoms with E-state index in [9.17, 15) is 4.79 Å². The minimum absolute atomic E-state index is 0.0276. The molecule has 21 heavy (non-hydrogen) atoms. The van der Waals surface area contributed by atoms with Gasteiger partial charge in [0.15, 0.2) is 0 Å². The van der Waals surface area contributed by atoms with Crippen molar-refractivity contribution in [2.45, 2.75) is 46.1 Å². The summed E-state index contributed by atoms with van der Waals surface area (Å²) in [7, 11) is 0. The minimum atomic E-state index is -0.0276. The number of carbonyl (C=O) groups excluding carboxylic acids is 1. The van der Waals surface area contributed by atoms with Crippen LogP contribution in [0.2, 0.25) is 0 Å². The third kappa shape index (κ3) is 6.98. The molecular formula is C17H26BrNO2. The number of alkyl halides is 1. The second-order valence-electron chi connectivity index (χ2n) is 5.68. The highest BCUT2D eigenvalue weighted by Gasteiger charge is 2.14. The molecule has 1 atom stereocenters. The third-order valence-electron chi connectivity index (χ3n) is 3.16. The van der Waals surface area contributed by atoms with Gasteiger partial charge in [0.25, 0.3) is 5.91 Å². The van der Waals surface area contributed by atoms with Crippen molar-refractivity contribution in [1.29, 1.82) is 0 Å². The average Bonchev–Trinajstić information content (AvgIpc) is 2.47. The van der Waals surface area contributed by atoms with Crippen LogP contribution < -0.4 is 10.1 Å². The molecule has 1 N–H and O–H groups in total. The highest BCUT2D eigenvalue weighted by Crippen LogP contribution is 2.14. The number of benzene rings is 1. The lowest BCUT2D eigenvalue weighted by atomic mass is 10.0. The standard InChI is InChI=1S/C17H26BrNO2/c1-4-5-10-21-16-8-6-14(7-9-16)17(20)19-15(12-18)11-13(2)3/h6-9,13,15H,4-5,10-12H2,1-3H3,(H,19,20). The molecule has 1 rings (SSSR count). The fourth-order valence-electron chi connectivity index (χ4n) is 2.04. The van der Waals surface area contributed by atoms with Crippen molar-refractivity contribution in [3.8, 4) is 5.75 Å². The largest absolute Gasteiger partial charge is 0.494 e. The van der Waals surface area contributed by atoms with E-state index in [1.807, 2.05) is 24.3 Å². The van der Waals surface area contributed by atoms with Crippen LogP contribution in [-0.2, 0) is 0 Å². The lowest BCUT2D eigenvalue weighted by molar-refractivity contribution is 0.0937. The van der Waals surface area contributed by atoms with Crippen LogP contribution in [0.15, 0.2) is 24.3 Å². The van der Waals surface area contributed by atoms with Crippen molar-refractivity contribution < 1.29 is 9.53 Å². The lowest BCUT2D eigenvalue weighted by Gasteiger charge is -2.18. The maximum Gasteiger partial charge on any atom is 0.251 e. The van der Waals surface area contributed by atoms with Crippen LogP contribution in [0.4, 0.5) is 0 Å². The van der Waals surface area contributed by atoms with E-state index in [4.69, 9.17) is 4.74 Å². The van der Waals surface area contributed by atoms with E-state index in [-0.39, 0.29) is 11.9 Å². The summed E-state index contributed by atoms with van der Waals surface area (Å²) in [6.45, 7) is 7.17. The molecule has 0 saturated carbocycles. The van der Waals surface area contributed by atoms with Crippen LogP contribution in [-0.4, -0.2) is 23.9 Å². The summed E-state index contributed by atoms with van der Waals surface area (Å²) in [6.07, 6.45) is 3.13. The van der Waals surface area contributed by atoms with Crippen molar-refractivity contribution in [2.75, 3.05) is 11.9 Å². The fraction of sp³-hybridized carbons (Fsp3) is 0.588. The number of ether oxygens (including phenoxy) is 1. The smallest absolute Gasteiger partial charge is 0.251 e. The van der Waals surface area contributed by atoms with E-state index in [1.54, 1.807) is 0 Å². The van der Waals surface area contributed by atoms with E-state index in [1.165, 1.54) is 0 Å². The molecule has 4 heteroatoms. The number of carbonyl (C=O) groups is 1. The van der Waals surface area contributed by atoms with E-state index in [0.717, 1.165) is 36.9 Å². The number of hydrogen-bond acceptors (Lipinski definition) is 2. The zero-order valence-corrected chi connectivity index (χ0v) is 14.8. The Morgan fingerprint density at radius 1 is 1.29 bits per heavy atom. The topological polar surface area (TPSA) is 38.3 Å². The Morgan fingerprint density at radius 3 is 2.48 bits per heavy atom. The number of halogens is 1. The second kappa shape index (κ2) is 9.82. The summed E-state index contributed by atoms with van der Waals surface area (Å²) in [6, 6.07) is 7.51. The van der Waals surface area contributed by atoms with Gasteiger partial charge < -0.3 is 10.1 Å². The Morgan fingerprint density at radius 2 is 1.95 bits per heavy atom. The van der Waals surface area contributed by atoms with Crippen LogP contribution in [0.25, 0.3) is 0 Å². The highest BCUT2D eigenvalue weighted by atomic mass is 79.9. The molecule has 1 aromatic rings. The molecule has 0 saturated heterocycles. The Balaban J connectivity index is 2.53. The van der Waals surface area contributed by atoms with Gasteiger partial charge in [-0.25, -0.2) is 0 Å². The van der Waals surface area contributed by atoms with Gasteiger partial charge in [-0.2, -0.15) is 0 Å². The molecule has 0 radical (unpaired) electrons. The van der Waals surface area contributed by atoms with Gasteiger partial charge in [-0.3, -0.25) is 4.79 Å². The molecule has 0 aliphatic rings. The van der Waals surface area contributed by atoms with Gasteiger partial charge >= 0.3 is 0 Å². The monoisotopic (exact) mass is 355 g/mol. The SMILES string of the molecule is CCCCOc1ccc(C(=O)NC(CBr)CC(C)C)cc1. The van der Waals surface area contributed by atoms with Gasteiger partial charge in [-0.05, 0) is 43.0 Å². The van der Waals surface area contributed by atoms with Crippen molar-refractivity contribution in [2.24, 2.45) is 5.92 Å². The minimum Gasteiger partial charge on any atom is -0.494 e. The quantitative estimate of drug-likeness (QED) is 0.526. The molecule has 1 unspecified atom stereocenters. The normalized spacial score (nSPS) is 12.2. The Bertz CT molecular complexity index is 417. The van der Waals surface area contributed by atoms with Crippen molar-refractivity contribution in [3.05, 3.63) is 29.8 Å². The first kappa shape index (κ1) is 18.0. The average molecular weight is 356 g/mol. The maximum absolute atomic E-state index is 12.2. The summed E-state index contributed by atoms with van der Waals surface area (Å²) in [5.41, 5.74) is 0.674. The Labute approximate surface area is 136 Å². The zero-order valence-electron chi connectivity index (χ0n) is 13.2. The molecule has 0 aliphatic heterocycles. The summed E-state index contributed by atoms with van der Waals surface area (Å²) >= 11 is 3.46.